The van der Waals surface area contributed by atoms with Crippen molar-refractivity contribution < 1.29 is 0 Å². The summed E-state index contributed by atoms with van der Waals surface area (Å²) in [7, 11) is 0. The molecule has 0 radical (unpaired) electrons. The second kappa shape index (κ2) is 3.53. The Hall–Kier alpha value is -0.500. The van der Waals surface area contributed by atoms with Gasteiger partial charge < -0.3 is 5.73 Å². The van der Waals surface area contributed by atoms with Crippen molar-refractivity contribution >= 4 is 16.3 Å². The fraction of sp³-hybridized carbons (Fsp3) is 0.750. The second-order valence-corrected chi connectivity index (χ2v) is 8.48. The lowest BCUT2D eigenvalue weighted by atomic mass is 9.48. The Balaban J connectivity index is 1.84. The van der Waals surface area contributed by atoms with Crippen LogP contribution < -0.4 is 5.73 Å². The van der Waals surface area contributed by atoms with E-state index in [-0.39, 0.29) is 0 Å². The van der Waals surface area contributed by atoms with Gasteiger partial charge in [-0.1, -0.05) is 0 Å². The number of nitrogens with two attached hydrogens (primary N) is 1. The molecule has 5 rings (SSSR count). The van der Waals surface area contributed by atoms with Gasteiger partial charge in [0.25, 0.3) is 0 Å². The van der Waals surface area contributed by atoms with Crippen LogP contribution in [-0.2, 0) is 5.41 Å². The van der Waals surface area contributed by atoms with Gasteiger partial charge in [0.05, 0.1) is 5.00 Å². The van der Waals surface area contributed by atoms with Crippen LogP contribution in [0.2, 0.25) is 0 Å². The first-order valence-electron chi connectivity index (χ1n) is 7.43. The monoisotopic (exact) mass is 261 g/mol. The zero-order valence-electron chi connectivity index (χ0n) is 11.5. The third kappa shape index (κ3) is 1.39. The maximum absolute atomic E-state index is 6.38. The quantitative estimate of drug-likeness (QED) is 0.796. The molecule has 2 heteroatoms. The molecule has 0 aromatic carbocycles. The first-order chi connectivity index (χ1) is 8.57. The van der Waals surface area contributed by atoms with E-state index in [0.29, 0.717) is 5.41 Å². The lowest BCUT2D eigenvalue weighted by molar-refractivity contribution is -0.00495. The fourth-order valence-corrected chi connectivity index (χ4v) is 6.79. The highest BCUT2D eigenvalue weighted by Gasteiger charge is 2.52. The molecule has 4 aliphatic rings. The lowest BCUT2D eigenvalue weighted by Crippen LogP contribution is -2.48. The van der Waals surface area contributed by atoms with Crippen LogP contribution in [0.25, 0.3) is 0 Å². The van der Waals surface area contributed by atoms with E-state index in [1.807, 2.05) is 11.3 Å². The van der Waals surface area contributed by atoms with Crippen molar-refractivity contribution in [3.8, 4) is 0 Å². The minimum Gasteiger partial charge on any atom is -0.390 e. The first kappa shape index (κ1) is 11.3. The third-order valence-corrected chi connectivity index (χ3v) is 7.02. The van der Waals surface area contributed by atoms with Gasteiger partial charge in [-0.25, -0.2) is 0 Å². The van der Waals surface area contributed by atoms with E-state index in [1.165, 1.54) is 49.0 Å². The zero-order chi connectivity index (χ0) is 12.5. The Kier molecular flexibility index (Phi) is 2.22. The van der Waals surface area contributed by atoms with Gasteiger partial charge in [-0.2, -0.15) is 0 Å². The van der Waals surface area contributed by atoms with Crippen LogP contribution in [0.3, 0.4) is 0 Å². The summed E-state index contributed by atoms with van der Waals surface area (Å²) < 4.78 is 0. The molecule has 1 heterocycles. The normalized spacial score (nSPS) is 41.6. The summed E-state index contributed by atoms with van der Waals surface area (Å²) in [4.78, 5) is 1.44. The number of hydrogen-bond donors (Lipinski definition) is 1. The molecular formula is C16H23NS. The molecule has 1 aromatic heterocycles. The summed E-state index contributed by atoms with van der Waals surface area (Å²) in [5, 5.41) is 1.13. The summed E-state index contributed by atoms with van der Waals surface area (Å²) in [6.45, 7) is 4.54. The van der Waals surface area contributed by atoms with Gasteiger partial charge in [-0.05, 0) is 86.7 Å². The van der Waals surface area contributed by atoms with E-state index in [2.05, 4.69) is 13.8 Å². The van der Waals surface area contributed by atoms with Crippen molar-refractivity contribution in [1.29, 1.82) is 0 Å². The summed E-state index contributed by atoms with van der Waals surface area (Å²) in [5.41, 5.74) is 9.95. The average Bonchev–Trinajstić information content (AvgIpc) is 2.51. The average molecular weight is 261 g/mol. The van der Waals surface area contributed by atoms with Crippen molar-refractivity contribution in [1.82, 2.24) is 0 Å². The number of aryl methyl sites for hydroxylation is 1. The highest BCUT2D eigenvalue weighted by molar-refractivity contribution is 7.16. The maximum Gasteiger partial charge on any atom is 0.0900 e. The maximum atomic E-state index is 6.38. The van der Waals surface area contributed by atoms with Crippen LogP contribution in [0, 0.1) is 31.6 Å². The van der Waals surface area contributed by atoms with Gasteiger partial charge in [-0.15, -0.1) is 11.3 Å². The highest BCUT2D eigenvalue weighted by Crippen LogP contribution is 2.62. The Morgan fingerprint density at radius 2 is 1.50 bits per heavy atom. The molecule has 0 unspecified atom stereocenters. The van der Waals surface area contributed by atoms with Crippen molar-refractivity contribution in [3.05, 3.63) is 16.0 Å². The minimum absolute atomic E-state index is 0.480. The smallest absolute Gasteiger partial charge is 0.0900 e. The molecule has 1 nitrogen and oxygen atoms in total. The molecule has 0 spiro atoms. The van der Waals surface area contributed by atoms with Crippen molar-refractivity contribution in [3.63, 3.8) is 0 Å². The number of hydrogen-bond acceptors (Lipinski definition) is 2. The largest absolute Gasteiger partial charge is 0.390 e. The number of thiophene rings is 1. The number of rotatable bonds is 1. The molecule has 18 heavy (non-hydrogen) atoms. The summed E-state index contributed by atoms with van der Waals surface area (Å²) in [5.74, 6) is 3.03. The van der Waals surface area contributed by atoms with Gasteiger partial charge in [0.15, 0.2) is 0 Å². The van der Waals surface area contributed by atoms with E-state index in [4.69, 9.17) is 5.73 Å². The highest BCUT2D eigenvalue weighted by atomic mass is 32.1. The van der Waals surface area contributed by atoms with Crippen LogP contribution in [0.4, 0.5) is 5.00 Å². The Morgan fingerprint density at radius 3 is 1.89 bits per heavy atom. The summed E-state index contributed by atoms with van der Waals surface area (Å²) in [6, 6.07) is 0. The summed E-state index contributed by atoms with van der Waals surface area (Å²) in [6.07, 6.45) is 8.84. The topological polar surface area (TPSA) is 26.0 Å². The zero-order valence-corrected chi connectivity index (χ0v) is 12.3. The Labute approximate surface area is 114 Å². The van der Waals surface area contributed by atoms with Gasteiger partial charge in [0.1, 0.15) is 0 Å². The van der Waals surface area contributed by atoms with Crippen LogP contribution >= 0.6 is 11.3 Å². The van der Waals surface area contributed by atoms with Crippen LogP contribution in [-0.4, -0.2) is 0 Å². The van der Waals surface area contributed by atoms with Crippen molar-refractivity contribution in [2.45, 2.75) is 57.8 Å². The number of nitrogen functional groups attached to an aromatic ring is 1. The minimum atomic E-state index is 0.480. The Morgan fingerprint density at radius 1 is 1.00 bits per heavy atom. The molecule has 4 fully saturated rings. The molecule has 4 saturated carbocycles. The molecular weight excluding hydrogens is 238 g/mol. The predicted molar refractivity (Wildman–Crippen MR) is 78.1 cm³/mol. The first-order valence-corrected chi connectivity index (χ1v) is 8.25. The molecule has 0 saturated heterocycles. The standard InChI is InChI=1S/C16H23NS/c1-9-10(2)18-15(17)14(9)16-6-11-3-12(7-16)5-13(4-11)8-16/h11-13H,3-8,17H2,1-2H3. The predicted octanol–water partition coefficient (Wildman–Crippen LogP) is 4.41. The van der Waals surface area contributed by atoms with Gasteiger partial charge >= 0.3 is 0 Å². The van der Waals surface area contributed by atoms with Gasteiger partial charge in [-0.3, -0.25) is 0 Å². The van der Waals surface area contributed by atoms with Gasteiger partial charge in [0, 0.05) is 4.88 Å². The lowest BCUT2D eigenvalue weighted by Gasteiger charge is -2.57. The van der Waals surface area contributed by atoms with Crippen LogP contribution in [0.1, 0.15) is 54.5 Å². The Bertz CT molecular complexity index is 464. The molecule has 4 aliphatic carbocycles. The van der Waals surface area contributed by atoms with Crippen molar-refractivity contribution in [2.75, 3.05) is 5.73 Å². The van der Waals surface area contributed by atoms with Gasteiger partial charge in [0.2, 0.25) is 0 Å². The fourth-order valence-electron chi connectivity index (χ4n) is 5.73. The number of anilines is 1. The molecule has 0 amide bonds. The molecule has 2 N–H and O–H groups in total. The summed E-state index contributed by atoms with van der Waals surface area (Å²) >= 11 is 1.82. The molecule has 4 bridgehead atoms. The molecule has 0 atom stereocenters. The van der Waals surface area contributed by atoms with E-state index >= 15 is 0 Å². The SMILES string of the molecule is Cc1sc(N)c(C23CC4CC(CC(C4)C2)C3)c1C. The molecule has 0 aliphatic heterocycles. The van der Waals surface area contributed by atoms with E-state index in [0.717, 1.165) is 22.8 Å². The molecule has 98 valence electrons. The van der Waals surface area contributed by atoms with E-state index < -0.39 is 0 Å². The van der Waals surface area contributed by atoms with Crippen LogP contribution in [0.5, 0.6) is 0 Å². The third-order valence-electron chi connectivity index (χ3n) is 5.98. The van der Waals surface area contributed by atoms with Crippen molar-refractivity contribution in [2.24, 2.45) is 17.8 Å². The molecule has 1 aromatic rings. The van der Waals surface area contributed by atoms with E-state index in [1.54, 1.807) is 5.56 Å². The van der Waals surface area contributed by atoms with E-state index in [9.17, 15) is 0 Å². The van der Waals surface area contributed by atoms with Crippen LogP contribution in [0.15, 0.2) is 0 Å². The second-order valence-electron chi connectivity index (χ2n) is 7.22.